The molecule has 1 aliphatic heterocycles. The summed E-state index contributed by atoms with van der Waals surface area (Å²) in [5, 5.41) is 2.89. The van der Waals surface area contributed by atoms with Crippen molar-refractivity contribution in [1.82, 2.24) is 4.98 Å². The number of nitrogens with zero attached hydrogens (tertiary/aromatic N) is 1. The summed E-state index contributed by atoms with van der Waals surface area (Å²) in [7, 11) is 0. The zero-order valence-corrected chi connectivity index (χ0v) is 14.4. The number of benzene rings is 2. The first-order valence-corrected chi connectivity index (χ1v) is 8.76. The maximum absolute atomic E-state index is 12.2. The molecule has 2 aromatic carbocycles. The van der Waals surface area contributed by atoms with Crippen LogP contribution in [0.4, 0.5) is 0 Å². The summed E-state index contributed by atoms with van der Waals surface area (Å²) in [5.41, 5.74) is 0.234. The first kappa shape index (κ1) is 15.9. The van der Waals surface area contributed by atoms with Crippen molar-refractivity contribution in [3.05, 3.63) is 69.6 Å². The molecule has 2 heterocycles. The average molecular weight is 374 g/mol. The minimum Gasteiger partial charge on any atom is -0.485 e. The first-order chi connectivity index (χ1) is 12.2. The second kappa shape index (κ2) is 6.74. The fourth-order valence-corrected chi connectivity index (χ4v) is 3.26. The summed E-state index contributed by atoms with van der Waals surface area (Å²) in [5.74, 6) is 1.26. The molecule has 0 spiro atoms. The van der Waals surface area contributed by atoms with Gasteiger partial charge in [-0.1, -0.05) is 23.7 Å². The van der Waals surface area contributed by atoms with Crippen molar-refractivity contribution in [2.45, 2.75) is 6.10 Å². The van der Waals surface area contributed by atoms with Crippen molar-refractivity contribution in [1.29, 1.82) is 0 Å². The number of esters is 1. The van der Waals surface area contributed by atoms with Crippen molar-refractivity contribution in [3.8, 4) is 17.2 Å². The Labute approximate surface area is 152 Å². The smallest absolute Gasteiger partial charge is 0.363 e. The monoisotopic (exact) mass is 373 g/mol. The van der Waals surface area contributed by atoms with Gasteiger partial charge in [-0.2, -0.15) is 0 Å². The molecule has 0 aliphatic carbocycles. The van der Waals surface area contributed by atoms with Gasteiger partial charge in [0, 0.05) is 10.4 Å². The average Bonchev–Trinajstić information content (AvgIpc) is 3.13. The van der Waals surface area contributed by atoms with Crippen molar-refractivity contribution in [2.75, 3.05) is 6.61 Å². The number of para-hydroxylation sites is 2. The molecule has 5 nitrogen and oxygen atoms in total. The van der Waals surface area contributed by atoms with E-state index in [1.54, 1.807) is 29.6 Å². The maximum atomic E-state index is 12.2. The molecule has 7 heteroatoms. The second-order valence-corrected chi connectivity index (χ2v) is 6.60. The molecule has 126 valence electrons. The Morgan fingerprint density at radius 2 is 1.92 bits per heavy atom. The van der Waals surface area contributed by atoms with Gasteiger partial charge in [0.15, 0.2) is 23.3 Å². The Bertz CT molecular complexity index is 909. The van der Waals surface area contributed by atoms with E-state index in [-0.39, 0.29) is 11.8 Å². The van der Waals surface area contributed by atoms with E-state index in [1.807, 2.05) is 24.3 Å². The highest BCUT2D eigenvalue weighted by atomic mass is 35.5. The maximum Gasteiger partial charge on any atom is 0.363 e. The van der Waals surface area contributed by atoms with E-state index in [9.17, 15) is 4.79 Å². The molecule has 1 aliphatic rings. The lowest BCUT2D eigenvalue weighted by Crippen LogP contribution is -2.21. The van der Waals surface area contributed by atoms with Gasteiger partial charge in [0.25, 0.3) is 0 Å². The number of hydrogen-bond acceptors (Lipinski definition) is 6. The van der Waals surface area contributed by atoms with Crippen LogP contribution in [0.25, 0.3) is 0 Å². The summed E-state index contributed by atoms with van der Waals surface area (Å²) < 4.78 is 16.9. The van der Waals surface area contributed by atoms with Crippen LogP contribution >= 0.6 is 22.9 Å². The quantitative estimate of drug-likeness (QED) is 0.498. The topological polar surface area (TPSA) is 57.7 Å². The molecule has 3 aromatic rings. The first-order valence-electron chi connectivity index (χ1n) is 7.51. The molecule has 4 rings (SSSR count). The van der Waals surface area contributed by atoms with Crippen LogP contribution in [0.5, 0.6) is 17.2 Å². The van der Waals surface area contributed by atoms with Gasteiger partial charge in [0.2, 0.25) is 0 Å². The largest absolute Gasteiger partial charge is 0.485 e. The van der Waals surface area contributed by atoms with Gasteiger partial charge in [0.1, 0.15) is 17.4 Å². The lowest BCUT2D eigenvalue weighted by atomic mass is 10.2. The van der Waals surface area contributed by atoms with Gasteiger partial charge >= 0.3 is 5.97 Å². The Morgan fingerprint density at radius 1 is 1.16 bits per heavy atom. The molecular formula is C18H12ClNO4S. The molecule has 0 amide bonds. The van der Waals surface area contributed by atoms with E-state index in [1.165, 1.54) is 11.3 Å². The van der Waals surface area contributed by atoms with E-state index in [0.717, 1.165) is 0 Å². The van der Waals surface area contributed by atoms with Gasteiger partial charge in [-0.25, -0.2) is 9.78 Å². The lowest BCUT2D eigenvalue weighted by molar-refractivity contribution is 0.0725. The molecular weight excluding hydrogens is 362 g/mol. The van der Waals surface area contributed by atoms with Crippen LogP contribution in [0.3, 0.4) is 0 Å². The number of hydrogen-bond donors (Lipinski definition) is 0. The number of carbonyl (C=O) groups is 1. The molecule has 0 unspecified atom stereocenters. The number of aromatic nitrogens is 1. The number of ether oxygens (including phenoxy) is 3. The van der Waals surface area contributed by atoms with Crippen LogP contribution in [0.15, 0.2) is 53.9 Å². The second-order valence-electron chi connectivity index (χ2n) is 5.28. The van der Waals surface area contributed by atoms with E-state index in [0.29, 0.717) is 33.9 Å². The van der Waals surface area contributed by atoms with E-state index in [4.69, 9.17) is 25.8 Å². The van der Waals surface area contributed by atoms with Crippen LogP contribution in [-0.4, -0.2) is 17.6 Å². The molecule has 0 N–H and O–H groups in total. The Balaban J connectivity index is 1.47. The zero-order chi connectivity index (χ0) is 17.2. The van der Waals surface area contributed by atoms with Gasteiger partial charge in [-0.3, -0.25) is 0 Å². The summed E-state index contributed by atoms with van der Waals surface area (Å²) in [4.78, 5) is 16.5. The summed E-state index contributed by atoms with van der Waals surface area (Å²) >= 11 is 7.15. The van der Waals surface area contributed by atoms with Crippen LogP contribution in [0.1, 0.15) is 21.6 Å². The fourth-order valence-electron chi connectivity index (χ4n) is 2.33. The lowest BCUT2D eigenvalue weighted by Gasteiger charge is -2.24. The molecule has 0 fully saturated rings. The van der Waals surface area contributed by atoms with E-state index < -0.39 is 5.97 Å². The molecule has 0 bridgehead atoms. The molecule has 1 atom stereocenters. The van der Waals surface area contributed by atoms with Crippen LogP contribution in [0.2, 0.25) is 5.02 Å². The van der Waals surface area contributed by atoms with Gasteiger partial charge < -0.3 is 14.2 Å². The molecule has 25 heavy (non-hydrogen) atoms. The summed E-state index contributed by atoms with van der Waals surface area (Å²) in [6.07, 6.45) is -0.350. The number of rotatable bonds is 3. The van der Waals surface area contributed by atoms with Crippen molar-refractivity contribution in [3.63, 3.8) is 0 Å². The van der Waals surface area contributed by atoms with Crippen molar-refractivity contribution >= 4 is 28.9 Å². The van der Waals surface area contributed by atoms with Crippen molar-refractivity contribution < 1.29 is 19.0 Å². The Morgan fingerprint density at radius 3 is 2.72 bits per heavy atom. The van der Waals surface area contributed by atoms with Crippen LogP contribution in [0, 0.1) is 0 Å². The molecule has 0 radical (unpaired) electrons. The van der Waals surface area contributed by atoms with Gasteiger partial charge in [0.05, 0.1) is 0 Å². The third kappa shape index (κ3) is 3.45. The zero-order valence-electron chi connectivity index (χ0n) is 12.8. The predicted octanol–water partition coefficient (Wildman–Crippen LogP) is 4.53. The summed E-state index contributed by atoms with van der Waals surface area (Å²) in [6, 6.07) is 14.0. The standard InChI is InChI=1S/C18H12ClNO4S/c19-11-5-7-12(8-6-11)23-18(21)13-10-25-17(20-13)16-9-22-14-3-1-2-4-15(14)24-16/h1-8,10,16H,9H2/t16-/m0/s1. The number of fused-ring (bicyclic) bond motifs is 1. The van der Waals surface area contributed by atoms with Crippen LogP contribution in [-0.2, 0) is 0 Å². The van der Waals surface area contributed by atoms with Crippen molar-refractivity contribution in [2.24, 2.45) is 0 Å². The minimum atomic E-state index is -0.526. The van der Waals surface area contributed by atoms with Gasteiger partial charge in [-0.15, -0.1) is 11.3 Å². The fraction of sp³-hybridized carbons (Fsp3) is 0.111. The predicted molar refractivity (Wildman–Crippen MR) is 93.8 cm³/mol. The Hall–Kier alpha value is -2.57. The molecule has 0 saturated heterocycles. The number of thiazole rings is 1. The highest BCUT2D eigenvalue weighted by Crippen LogP contribution is 2.36. The van der Waals surface area contributed by atoms with E-state index in [2.05, 4.69) is 4.98 Å². The van der Waals surface area contributed by atoms with E-state index >= 15 is 0 Å². The molecule has 0 saturated carbocycles. The third-order valence-corrected chi connectivity index (χ3v) is 4.73. The highest BCUT2D eigenvalue weighted by Gasteiger charge is 2.26. The molecule has 1 aromatic heterocycles. The normalized spacial score (nSPS) is 15.6. The summed E-state index contributed by atoms with van der Waals surface area (Å²) in [6.45, 7) is 0.343. The minimum absolute atomic E-state index is 0.234. The van der Waals surface area contributed by atoms with Gasteiger partial charge in [-0.05, 0) is 36.4 Å². The third-order valence-electron chi connectivity index (χ3n) is 3.54. The number of carbonyl (C=O) groups excluding carboxylic acids is 1. The highest BCUT2D eigenvalue weighted by molar-refractivity contribution is 7.09. The number of halogens is 1. The Kier molecular flexibility index (Phi) is 4.29. The SMILES string of the molecule is O=C(Oc1ccc(Cl)cc1)c1csc([C@@H]2COc3ccccc3O2)n1. The van der Waals surface area contributed by atoms with Crippen LogP contribution < -0.4 is 14.2 Å².